The highest BCUT2D eigenvalue weighted by Gasteiger charge is 2.18. The van der Waals surface area contributed by atoms with Crippen LogP contribution >= 0.6 is 11.3 Å². The average molecular weight is 271 g/mol. The molecule has 0 atom stereocenters. The number of rotatable bonds is 2. The fourth-order valence-corrected chi connectivity index (χ4v) is 3.31. The summed E-state index contributed by atoms with van der Waals surface area (Å²) in [5.74, 6) is 0.979. The van der Waals surface area contributed by atoms with Crippen molar-refractivity contribution in [2.24, 2.45) is 0 Å². The molecule has 3 rings (SSSR count). The van der Waals surface area contributed by atoms with E-state index in [0.717, 1.165) is 33.0 Å². The Morgan fingerprint density at radius 3 is 2.63 bits per heavy atom. The molecule has 4 heteroatoms. The Morgan fingerprint density at radius 1 is 1.26 bits per heavy atom. The van der Waals surface area contributed by atoms with E-state index in [9.17, 15) is 0 Å². The fraction of sp³-hybridized carbons (Fsp3) is 0.267. The van der Waals surface area contributed by atoms with Crippen LogP contribution in [0, 0.1) is 6.92 Å². The molecule has 3 aromatic rings. The van der Waals surface area contributed by atoms with Gasteiger partial charge in [-0.1, -0.05) is 12.1 Å². The molecule has 0 bridgehead atoms. The molecule has 0 aliphatic heterocycles. The lowest BCUT2D eigenvalue weighted by Gasteiger charge is -2.12. The van der Waals surface area contributed by atoms with Gasteiger partial charge < -0.3 is 10.3 Å². The van der Waals surface area contributed by atoms with Gasteiger partial charge in [0.2, 0.25) is 0 Å². The second-order valence-corrected chi connectivity index (χ2v) is 5.93. The van der Waals surface area contributed by atoms with Crippen molar-refractivity contribution in [2.45, 2.75) is 26.8 Å². The Kier molecular flexibility index (Phi) is 2.82. The Bertz CT molecular complexity index is 737. The number of anilines is 1. The number of para-hydroxylation sites is 2. The van der Waals surface area contributed by atoms with E-state index in [1.807, 2.05) is 19.1 Å². The fourth-order valence-electron chi connectivity index (χ4n) is 2.35. The molecule has 19 heavy (non-hydrogen) atoms. The maximum atomic E-state index is 6.18. The van der Waals surface area contributed by atoms with Gasteiger partial charge in [0.15, 0.2) is 5.82 Å². The standard InChI is InChI=1S/C15H17N3S/c1-9(2)18-12-7-5-4-6-11(12)17-15(18)14-13(16)10(3)8-19-14/h4-9H,16H2,1-3H3. The molecule has 0 radical (unpaired) electrons. The van der Waals surface area contributed by atoms with Crippen LogP contribution in [0.2, 0.25) is 0 Å². The largest absolute Gasteiger partial charge is 0.397 e. The highest BCUT2D eigenvalue weighted by Crippen LogP contribution is 2.37. The molecule has 0 amide bonds. The summed E-state index contributed by atoms with van der Waals surface area (Å²) in [5, 5.41) is 2.09. The van der Waals surface area contributed by atoms with Crippen molar-refractivity contribution < 1.29 is 0 Å². The molecule has 0 spiro atoms. The molecule has 3 nitrogen and oxygen atoms in total. The van der Waals surface area contributed by atoms with Gasteiger partial charge >= 0.3 is 0 Å². The lowest BCUT2D eigenvalue weighted by Crippen LogP contribution is -2.03. The number of aromatic nitrogens is 2. The minimum absolute atomic E-state index is 0.351. The van der Waals surface area contributed by atoms with Crippen molar-refractivity contribution in [2.75, 3.05) is 5.73 Å². The van der Waals surface area contributed by atoms with E-state index in [2.05, 4.69) is 35.9 Å². The topological polar surface area (TPSA) is 43.8 Å². The van der Waals surface area contributed by atoms with E-state index in [1.54, 1.807) is 11.3 Å². The highest BCUT2D eigenvalue weighted by molar-refractivity contribution is 7.14. The van der Waals surface area contributed by atoms with E-state index < -0.39 is 0 Å². The van der Waals surface area contributed by atoms with Crippen LogP contribution in [0.15, 0.2) is 29.6 Å². The van der Waals surface area contributed by atoms with Crippen LogP contribution in [-0.2, 0) is 0 Å². The summed E-state index contributed by atoms with van der Waals surface area (Å²) in [7, 11) is 0. The number of hydrogen-bond acceptors (Lipinski definition) is 3. The van der Waals surface area contributed by atoms with Gasteiger partial charge in [0.1, 0.15) is 0 Å². The normalized spacial score (nSPS) is 11.6. The Labute approximate surface area is 116 Å². The van der Waals surface area contributed by atoms with E-state index in [4.69, 9.17) is 10.7 Å². The van der Waals surface area contributed by atoms with Crippen molar-refractivity contribution in [3.05, 3.63) is 35.2 Å². The number of hydrogen-bond donors (Lipinski definition) is 1. The third-order valence-corrected chi connectivity index (χ3v) is 4.45. The molecule has 1 aromatic carbocycles. The Morgan fingerprint density at radius 2 is 2.00 bits per heavy atom. The predicted octanol–water partition coefficient (Wildman–Crippen LogP) is 4.24. The summed E-state index contributed by atoms with van der Waals surface area (Å²) in [5.41, 5.74) is 10.3. The number of nitrogens with two attached hydrogens (primary N) is 1. The van der Waals surface area contributed by atoms with Gasteiger partial charge in [0, 0.05) is 6.04 Å². The van der Waals surface area contributed by atoms with Gasteiger partial charge in [-0.2, -0.15) is 0 Å². The number of aryl methyl sites for hydroxylation is 1. The quantitative estimate of drug-likeness (QED) is 0.757. The molecule has 0 aliphatic carbocycles. The first-order valence-corrected chi connectivity index (χ1v) is 7.28. The summed E-state index contributed by atoms with van der Waals surface area (Å²) in [6.45, 7) is 6.39. The van der Waals surface area contributed by atoms with Gasteiger partial charge in [-0.3, -0.25) is 0 Å². The Balaban J connectivity index is 2.34. The summed E-state index contributed by atoms with van der Waals surface area (Å²) in [4.78, 5) is 5.84. The van der Waals surface area contributed by atoms with E-state index in [1.165, 1.54) is 0 Å². The molecule has 0 unspecified atom stereocenters. The SMILES string of the molecule is Cc1csc(-c2nc3ccccc3n2C(C)C)c1N. The number of benzene rings is 1. The molecule has 0 fully saturated rings. The summed E-state index contributed by atoms with van der Waals surface area (Å²) < 4.78 is 2.26. The van der Waals surface area contributed by atoms with Crippen molar-refractivity contribution in [1.82, 2.24) is 9.55 Å². The van der Waals surface area contributed by atoms with Gasteiger partial charge in [-0.15, -0.1) is 11.3 Å². The van der Waals surface area contributed by atoms with Crippen LogP contribution in [0.3, 0.4) is 0 Å². The van der Waals surface area contributed by atoms with Crippen molar-refractivity contribution in [3.8, 4) is 10.7 Å². The van der Waals surface area contributed by atoms with Gasteiger partial charge in [-0.25, -0.2) is 4.98 Å². The highest BCUT2D eigenvalue weighted by atomic mass is 32.1. The molecule has 0 aliphatic rings. The molecule has 0 saturated carbocycles. The number of thiophene rings is 1. The van der Waals surface area contributed by atoms with E-state index >= 15 is 0 Å². The summed E-state index contributed by atoms with van der Waals surface area (Å²) in [6.07, 6.45) is 0. The molecule has 2 N–H and O–H groups in total. The first-order valence-electron chi connectivity index (χ1n) is 6.40. The zero-order valence-corrected chi connectivity index (χ0v) is 12.2. The number of imidazole rings is 1. The van der Waals surface area contributed by atoms with Crippen LogP contribution in [-0.4, -0.2) is 9.55 Å². The molecular weight excluding hydrogens is 254 g/mol. The van der Waals surface area contributed by atoms with Crippen molar-refractivity contribution in [3.63, 3.8) is 0 Å². The average Bonchev–Trinajstić information content (AvgIpc) is 2.91. The maximum absolute atomic E-state index is 6.18. The van der Waals surface area contributed by atoms with Crippen LogP contribution < -0.4 is 5.73 Å². The smallest absolute Gasteiger partial charge is 0.153 e. The van der Waals surface area contributed by atoms with E-state index in [-0.39, 0.29) is 0 Å². The molecule has 0 saturated heterocycles. The minimum atomic E-state index is 0.351. The van der Waals surface area contributed by atoms with Gasteiger partial charge in [0.05, 0.1) is 21.6 Å². The summed E-state index contributed by atoms with van der Waals surface area (Å²) >= 11 is 1.67. The van der Waals surface area contributed by atoms with Crippen LogP contribution in [0.25, 0.3) is 21.7 Å². The lowest BCUT2D eigenvalue weighted by atomic mass is 10.2. The molecule has 2 heterocycles. The predicted molar refractivity (Wildman–Crippen MR) is 82.6 cm³/mol. The maximum Gasteiger partial charge on any atom is 0.153 e. The third-order valence-electron chi connectivity index (χ3n) is 3.34. The van der Waals surface area contributed by atoms with Crippen LogP contribution in [0.4, 0.5) is 5.69 Å². The second-order valence-electron chi connectivity index (χ2n) is 5.05. The number of nitrogens with zero attached hydrogens (tertiary/aromatic N) is 2. The van der Waals surface area contributed by atoms with Gasteiger partial charge in [-0.05, 0) is 43.8 Å². The van der Waals surface area contributed by atoms with Crippen LogP contribution in [0.1, 0.15) is 25.5 Å². The first kappa shape index (κ1) is 12.2. The number of fused-ring (bicyclic) bond motifs is 1. The monoisotopic (exact) mass is 271 g/mol. The Hall–Kier alpha value is -1.81. The van der Waals surface area contributed by atoms with E-state index in [0.29, 0.717) is 6.04 Å². The zero-order chi connectivity index (χ0) is 13.6. The number of nitrogen functional groups attached to an aromatic ring is 1. The van der Waals surface area contributed by atoms with Gasteiger partial charge in [0.25, 0.3) is 0 Å². The summed E-state index contributed by atoms with van der Waals surface area (Å²) in [6, 6.07) is 8.59. The van der Waals surface area contributed by atoms with Crippen molar-refractivity contribution >= 4 is 28.1 Å². The van der Waals surface area contributed by atoms with Crippen molar-refractivity contribution in [1.29, 1.82) is 0 Å². The molecule has 98 valence electrons. The third kappa shape index (κ3) is 1.83. The second kappa shape index (κ2) is 4.38. The molecule has 2 aromatic heterocycles. The zero-order valence-electron chi connectivity index (χ0n) is 11.3. The molecular formula is C15H17N3S. The van der Waals surface area contributed by atoms with Crippen LogP contribution in [0.5, 0.6) is 0 Å². The first-order chi connectivity index (χ1) is 9.09. The minimum Gasteiger partial charge on any atom is -0.397 e. The lowest BCUT2D eigenvalue weighted by molar-refractivity contribution is 0.625.